The first-order chi connectivity index (χ1) is 8.78. The Morgan fingerprint density at radius 1 is 1.39 bits per heavy atom. The Morgan fingerprint density at radius 2 is 2.28 bits per heavy atom. The van der Waals surface area contributed by atoms with E-state index in [1.54, 1.807) is 11.3 Å². The first-order valence-electron chi connectivity index (χ1n) is 5.72. The van der Waals surface area contributed by atoms with Gasteiger partial charge < -0.3 is 4.57 Å². The van der Waals surface area contributed by atoms with Gasteiger partial charge in [0, 0.05) is 28.2 Å². The number of fused-ring (bicyclic) bond motifs is 1. The third kappa shape index (κ3) is 1.84. The van der Waals surface area contributed by atoms with E-state index < -0.39 is 0 Å². The number of nitrogens with zero attached hydrogens (tertiary/aromatic N) is 2. The highest BCUT2D eigenvalue weighted by Gasteiger charge is 2.07. The van der Waals surface area contributed by atoms with E-state index >= 15 is 0 Å². The van der Waals surface area contributed by atoms with E-state index in [1.807, 2.05) is 43.6 Å². The highest BCUT2D eigenvalue weighted by molar-refractivity contribution is 7.11. The maximum Gasteiger partial charge on any atom is 0.152 e. The van der Waals surface area contributed by atoms with Crippen LogP contribution < -0.4 is 0 Å². The molecule has 0 spiro atoms. The number of carbonyl (C=O) groups is 1. The molecule has 3 nitrogen and oxygen atoms in total. The summed E-state index contributed by atoms with van der Waals surface area (Å²) < 4.78 is 2.10. The van der Waals surface area contributed by atoms with E-state index in [2.05, 4.69) is 9.55 Å². The van der Waals surface area contributed by atoms with E-state index in [4.69, 9.17) is 0 Å². The Morgan fingerprint density at radius 3 is 3.00 bits per heavy atom. The van der Waals surface area contributed by atoms with Crippen molar-refractivity contribution in [1.82, 2.24) is 9.55 Å². The van der Waals surface area contributed by atoms with Crippen LogP contribution in [0.1, 0.15) is 20.2 Å². The second-order valence-electron chi connectivity index (χ2n) is 4.19. The minimum absolute atomic E-state index is 0.735. The molecule has 3 rings (SSSR count). The summed E-state index contributed by atoms with van der Waals surface area (Å²) in [5.41, 5.74) is 1.73. The summed E-state index contributed by atoms with van der Waals surface area (Å²) in [7, 11) is 0. The Kier molecular flexibility index (Phi) is 2.72. The molecule has 0 bridgehead atoms. The lowest BCUT2D eigenvalue weighted by atomic mass is 10.1. The molecule has 0 radical (unpaired) electrons. The highest BCUT2D eigenvalue weighted by Crippen LogP contribution is 2.22. The molecule has 0 amide bonds. The van der Waals surface area contributed by atoms with Gasteiger partial charge in [-0.05, 0) is 19.1 Å². The maximum atomic E-state index is 11.1. The Labute approximate surface area is 109 Å². The third-order valence-electron chi connectivity index (χ3n) is 2.94. The second-order valence-corrected chi connectivity index (χ2v) is 5.51. The minimum Gasteiger partial charge on any atom is -0.342 e. The molecule has 0 unspecified atom stereocenters. The molecule has 0 fully saturated rings. The van der Waals surface area contributed by atoms with Gasteiger partial charge >= 0.3 is 0 Å². The average Bonchev–Trinajstić information content (AvgIpc) is 2.97. The molecule has 1 aromatic carbocycles. The number of carbonyl (C=O) groups excluding carboxylic acids is 1. The zero-order valence-electron chi connectivity index (χ0n) is 9.96. The largest absolute Gasteiger partial charge is 0.342 e. The van der Waals surface area contributed by atoms with E-state index in [1.165, 1.54) is 4.88 Å². The molecule has 90 valence electrons. The van der Waals surface area contributed by atoms with Crippen LogP contribution in [0.5, 0.6) is 0 Å². The van der Waals surface area contributed by atoms with Gasteiger partial charge in [-0.25, -0.2) is 4.98 Å². The zero-order chi connectivity index (χ0) is 12.5. The van der Waals surface area contributed by atoms with E-state index in [0.717, 1.165) is 34.3 Å². The van der Waals surface area contributed by atoms with Crippen LogP contribution in [0.3, 0.4) is 0 Å². The quantitative estimate of drug-likeness (QED) is 0.674. The number of aldehydes is 1. The predicted octanol–water partition coefficient (Wildman–Crippen LogP) is 3.27. The SMILES string of the molecule is Cc1ncc(Cn2ccc3cccc(C=O)c32)s1. The van der Waals surface area contributed by atoms with Crippen molar-refractivity contribution in [3.8, 4) is 0 Å². The van der Waals surface area contributed by atoms with Crippen molar-refractivity contribution in [1.29, 1.82) is 0 Å². The smallest absolute Gasteiger partial charge is 0.152 e. The molecule has 0 saturated carbocycles. The molecule has 4 heteroatoms. The van der Waals surface area contributed by atoms with Gasteiger partial charge in [-0.2, -0.15) is 0 Å². The van der Waals surface area contributed by atoms with Gasteiger partial charge in [0.15, 0.2) is 6.29 Å². The van der Waals surface area contributed by atoms with Crippen molar-refractivity contribution in [2.45, 2.75) is 13.5 Å². The fraction of sp³-hybridized carbons (Fsp3) is 0.143. The van der Waals surface area contributed by atoms with E-state index in [0.29, 0.717) is 0 Å². The molecular weight excluding hydrogens is 244 g/mol. The number of benzene rings is 1. The number of aryl methyl sites for hydroxylation is 1. The topological polar surface area (TPSA) is 34.9 Å². The van der Waals surface area contributed by atoms with Gasteiger partial charge in [0.1, 0.15) is 0 Å². The number of thiazole rings is 1. The van der Waals surface area contributed by atoms with Crippen LogP contribution in [0.2, 0.25) is 0 Å². The summed E-state index contributed by atoms with van der Waals surface area (Å²) in [4.78, 5) is 16.6. The molecule has 0 aliphatic carbocycles. The van der Waals surface area contributed by atoms with Crippen molar-refractivity contribution < 1.29 is 4.79 Å². The van der Waals surface area contributed by atoms with Crippen LogP contribution in [0.25, 0.3) is 10.9 Å². The number of rotatable bonds is 3. The van der Waals surface area contributed by atoms with Crippen molar-refractivity contribution in [2.24, 2.45) is 0 Å². The molecular formula is C14H12N2OS. The first-order valence-corrected chi connectivity index (χ1v) is 6.54. The van der Waals surface area contributed by atoms with Crippen molar-refractivity contribution >= 4 is 28.5 Å². The zero-order valence-corrected chi connectivity index (χ0v) is 10.8. The summed E-state index contributed by atoms with van der Waals surface area (Å²) in [5.74, 6) is 0. The molecule has 3 aromatic rings. The van der Waals surface area contributed by atoms with Gasteiger partial charge in [0.05, 0.1) is 17.1 Å². The normalized spacial score (nSPS) is 10.9. The summed E-state index contributed by atoms with van der Waals surface area (Å²) in [5, 5.41) is 2.16. The number of para-hydroxylation sites is 1. The van der Waals surface area contributed by atoms with Crippen molar-refractivity contribution in [2.75, 3.05) is 0 Å². The van der Waals surface area contributed by atoms with Gasteiger partial charge in [-0.3, -0.25) is 4.79 Å². The molecule has 18 heavy (non-hydrogen) atoms. The lowest BCUT2D eigenvalue weighted by Gasteiger charge is -2.04. The van der Waals surface area contributed by atoms with Gasteiger partial charge in [0.2, 0.25) is 0 Å². The molecule has 2 heterocycles. The van der Waals surface area contributed by atoms with E-state index in [-0.39, 0.29) is 0 Å². The number of hydrogen-bond donors (Lipinski definition) is 0. The standard InChI is InChI=1S/C14H12N2OS/c1-10-15-7-13(18-10)8-16-6-5-11-3-2-4-12(9-17)14(11)16/h2-7,9H,8H2,1H3. The lowest BCUT2D eigenvalue weighted by Crippen LogP contribution is -1.98. The summed E-state index contributed by atoms with van der Waals surface area (Å²) in [6.07, 6.45) is 4.83. The van der Waals surface area contributed by atoms with Gasteiger partial charge in [-0.1, -0.05) is 12.1 Å². The van der Waals surface area contributed by atoms with Gasteiger partial charge in [-0.15, -0.1) is 11.3 Å². The van der Waals surface area contributed by atoms with E-state index in [9.17, 15) is 4.79 Å². The molecule has 2 aromatic heterocycles. The van der Waals surface area contributed by atoms with Crippen LogP contribution in [0, 0.1) is 6.92 Å². The van der Waals surface area contributed by atoms with Crippen molar-refractivity contribution in [3.05, 3.63) is 52.1 Å². The van der Waals surface area contributed by atoms with Gasteiger partial charge in [0.25, 0.3) is 0 Å². The molecule has 0 atom stereocenters. The summed E-state index contributed by atoms with van der Waals surface area (Å²) >= 11 is 1.69. The fourth-order valence-corrected chi connectivity index (χ4v) is 2.96. The minimum atomic E-state index is 0.735. The average molecular weight is 256 g/mol. The lowest BCUT2D eigenvalue weighted by molar-refractivity contribution is 0.112. The molecule has 0 aliphatic heterocycles. The Balaban J connectivity index is 2.09. The molecule has 0 saturated heterocycles. The predicted molar refractivity (Wildman–Crippen MR) is 73.3 cm³/mol. The number of aromatic nitrogens is 2. The summed E-state index contributed by atoms with van der Waals surface area (Å²) in [6, 6.07) is 7.82. The van der Waals surface area contributed by atoms with Crippen LogP contribution >= 0.6 is 11.3 Å². The van der Waals surface area contributed by atoms with Crippen molar-refractivity contribution in [3.63, 3.8) is 0 Å². The molecule has 0 N–H and O–H groups in total. The van der Waals surface area contributed by atoms with Crippen LogP contribution in [-0.2, 0) is 6.54 Å². The Hall–Kier alpha value is -1.94. The third-order valence-corrected chi connectivity index (χ3v) is 3.84. The highest BCUT2D eigenvalue weighted by atomic mass is 32.1. The maximum absolute atomic E-state index is 11.1. The van der Waals surface area contributed by atoms with Crippen LogP contribution in [0.4, 0.5) is 0 Å². The van der Waals surface area contributed by atoms with Crippen LogP contribution in [0.15, 0.2) is 36.7 Å². The first kappa shape index (κ1) is 11.2. The van der Waals surface area contributed by atoms with Crippen LogP contribution in [-0.4, -0.2) is 15.8 Å². The summed E-state index contributed by atoms with van der Waals surface area (Å²) in [6.45, 7) is 2.76. The molecule has 0 aliphatic rings. The monoisotopic (exact) mass is 256 g/mol. The second kappa shape index (κ2) is 4.38. The Bertz CT molecular complexity index is 711. The number of hydrogen-bond acceptors (Lipinski definition) is 3. The fourth-order valence-electron chi connectivity index (χ4n) is 2.16.